The van der Waals surface area contributed by atoms with Crippen molar-refractivity contribution in [1.29, 1.82) is 0 Å². The second-order valence-electron chi connectivity index (χ2n) is 5.80. The van der Waals surface area contributed by atoms with Gasteiger partial charge in [0.1, 0.15) is 5.58 Å². The fourth-order valence-corrected chi connectivity index (χ4v) is 3.21. The third kappa shape index (κ3) is 2.01. The van der Waals surface area contributed by atoms with Crippen molar-refractivity contribution in [2.75, 3.05) is 13.1 Å². The predicted octanol–water partition coefficient (Wildman–Crippen LogP) is 3.09. The van der Waals surface area contributed by atoms with Gasteiger partial charge in [-0.15, -0.1) is 0 Å². The van der Waals surface area contributed by atoms with Crippen molar-refractivity contribution in [3.63, 3.8) is 0 Å². The molecule has 4 rings (SSSR count). The van der Waals surface area contributed by atoms with Crippen LogP contribution in [-0.4, -0.2) is 34.1 Å². The monoisotopic (exact) mass is 295 g/mol. The summed E-state index contributed by atoms with van der Waals surface area (Å²) in [7, 11) is 0. The lowest BCUT2D eigenvalue weighted by Crippen LogP contribution is -2.28. The lowest BCUT2D eigenvalue weighted by atomic mass is 10.1. The highest BCUT2D eigenvalue weighted by atomic mass is 16.3. The first-order valence-corrected chi connectivity index (χ1v) is 7.50. The van der Waals surface area contributed by atoms with E-state index in [1.807, 2.05) is 42.2 Å². The number of fused-ring (bicyclic) bond motifs is 1. The number of para-hydroxylation sites is 1. The van der Waals surface area contributed by atoms with E-state index >= 15 is 0 Å². The lowest BCUT2D eigenvalue weighted by molar-refractivity contribution is 0.0760. The standard InChI is InChI=1S/C17H17N3O2/c1-11-13-4-2-3-5-15(13)22-16(11)17(21)20-9-7-12(10-20)14-6-8-18-19-14/h2-6,8,12H,7,9-10H2,1H3,(H,18,19)/t12-/m1/s1. The molecule has 1 aliphatic rings. The quantitative estimate of drug-likeness (QED) is 0.790. The van der Waals surface area contributed by atoms with E-state index < -0.39 is 0 Å². The van der Waals surface area contributed by atoms with Crippen LogP contribution in [-0.2, 0) is 0 Å². The largest absolute Gasteiger partial charge is 0.451 e. The number of carbonyl (C=O) groups is 1. The molecule has 1 saturated heterocycles. The Labute approximate surface area is 127 Å². The van der Waals surface area contributed by atoms with Gasteiger partial charge in [0, 0.05) is 41.8 Å². The minimum atomic E-state index is -0.0179. The third-order valence-electron chi connectivity index (χ3n) is 4.48. The van der Waals surface area contributed by atoms with Crippen LogP contribution < -0.4 is 0 Å². The number of nitrogens with zero attached hydrogens (tertiary/aromatic N) is 2. The van der Waals surface area contributed by atoms with Crippen LogP contribution >= 0.6 is 0 Å². The van der Waals surface area contributed by atoms with Gasteiger partial charge in [-0.05, 0) is 25.5 Å². The molecule has 2 aromatic heterocycles. The molecule has 1 fully saturated rings. The first-order valence-electron chi connectivity index (χ1n) is 7.50. The average molecular weight is 295 g/mol. The van der Waals surface area contributed by atoms with Crippen LogP contribution in [0.5, 0.6) is 0 Å². The molecule has 1 aromatic carbocycles. The Morgan fingerprint density at radius 2 is 2.23 bits per heavy atom. The maximum atomic E-state index is 12.8. The minimum Gasteiger partial charge on any atom is -0.451 e. The molecular formula is C17H17N3O2. The predicted molar refractivity (Wildman–Crippen MR) is 82.8 cm³/mol. The van der Waals surface area contributed by atoms with Gasteiger partial charge in [-0.1, -0.05) is 18.2 Å². The third-order valence-corrected chi connectivity index (χ3v) is 4.48. The number of carbonyl (C=O) groups excluding carboxylic acids is 1. The number of hydrogen-bond donors (Lipinski definition) is 1. The van der Waals surface area contributed by atoms with Gasteiger partial charge in [-0.25, -0.2) is 0 Å². The van der Waals surface area contributed by atoms with Crippen molar-refractivity contribution in [3.8, 4) is 0 Å². The molecule has 5 heteroatoms. The summed E-state index contributed by atoms with van der Waals surface area (Å²) in [6.45, 7) is 3.40. The number of furan rings is 1. The van der Waals surface area contributed by atoms with Crippen LogP contribution in [0.15, 0.2) is 40.9 Å². The van der Waals surface area contributed by atoms with Crippen LogP contribution in [0, 0.1) is 6.92 Å². The number of likely N-dealkylation sites (tertiary alicyclic amines) is 1. The van der Waals surface area contributed by atoms with E-state index in [0.717, 1.165) is 35.2 Å². The molecule has 1 N–H and O–H groups in total. The van der Waals surface area contributed by atoms with Gasteiger partial charge in [0.25, 0.3) is 5.91 Å². The molecule has 0 bridgehead atoms. The number of benzene rings is 1. The highest BCUT2D eigenvalue weighted by Crippen LogP contribution is 2.30. The van der Waals surface area contributed by atoms with Crippen LogP contribution in [0.2, 0.25) is 0 Å². The molecule has 5 nitrogen and oxygen atoms in total. The minimum absolute atomic E-state index is 0.0179. The normalized spacial score (nSPS) is 18.2. The zero-order valence-corrected chi connectivity index (χ0v) is 12.4. The van der Waals surface area contributed by atoms with Gasteiger partial charge in [0.15, 0.2) is 5.76 Å². The van der Waals surface area contributed by atoms with E-state index in [1.165, 1.54) is 0 Å². The summed E-state index contributed by atoms with van der Waals surface area (Å²) in [6.07, 6.45) is 2.70. The highest BCUT2D eigenvalue weighted by molar-refractivity contribution is 5.99. The summed E-state index contributed by atoms with van der Waals surface area (Å²) >= 11 is 0. The molecule has 1 amide bonds. The van der Waals surface area contributed by atoms with E-state index in [9.17, 15) is 4.79 Å². The smallest absolute Gasteiger partial charge is 0.289 e. The summed E-state index contributed by atoms with van der Waals surface area (Å²) in [4.78, 5) is 14.6. The molecule has 0 spiro atoms. The van der Waals surface area contributed by atoms with Crippen molar-refractivity contribution >= 4 is 16.9 Å². The average Bonchev–Trinajstić information content (AvgIpc) is 3.26. The zero-order chi connectivity index (χ0) is 15.1. The van der Waals surface area contributed by atoms with Crippen LogP contribution in [0.25, 0.3) is 11.0 Å². The summed E-state index contributed by atoms with van der Waals surface area (Å²) in [6, 6.07) is 9.75. The Kier molecular flexibility index (Phi) is 2.99. The Bertz CT molecular complexity index is 820. The number of amides is 1. The van der Waals surface area contributed by atoms with Gasteiger partial charge in [0.2, 0.25) is 0 Å². The fourth-order valence-electron chi connectivity index (χ4n) is 3.21. The number of rotatable bonds is 2. The number of aromatic amines is 1. The topological polar surface area (TPSA) is 62.1 Å². The molecule has 0 saturated carbocycles. The molecule has 1 aliphatic heterocycles. The molecule has 0 unspecified atom stereocenters. The molecule has 0 radical (unpaired) electrons. The maximum Gasteiger partial charge on any atom is 0.289 e. The molecular weight excluding hydrogens is 278 g/mol. The van der Waals surface area contributed by atoms with Gasteiger partial charge >= 0.3 is 0 Å². The van der Waals surface area contributed by atoms with E-state index in [4.69, 9.17) is 4.42 Å². The Hall–Kier alpha value is -2.56. The maximum absolute atomic E-state index is 12.8. The zero-order valence-electron chi connectivity index (χ0n) is 12.4. The first-order chi connectivity index (χ1) is 10.7. The van der Waals surface area contributed by atoms with Gasteiger partial charge < -0.3 is 9.32 Å². The second-order valence-corrected chi connectivity index (χ2v) is 5.80. The molecule has 1 atom stereocenters. The Morgan fingerprint density at radius 3 is 3.00 bits per heavy atom. The fraction of sp³-hybridized carbons (Fsp3) is 0.294. The van der Waals surface area contributed by atoms with Crippen molar-refractivity contribution in [3.05, 3.63) is 53.5 Å². The number of nitrogens with one attached hydrogen (secondary N) is 1. The highest BCUT2D eigenvalue weighted by Gasteiger charge is 2.31. The van der Waals surface area contributed by atoms with Crippen molar-refractivity contribution in [1.82, 2.24) is 15.1 Å². The van der Waals surface area contributed by atoms with Crippen LogP contribution in [0.4, 0.5) is 0 Å². The summed E-state index contributed by atoms with van der Waals surface area (Å²) in [5.74, 6) is 0.776. The Balaban J connectivity index is 1.60. The molecule has 0 aliphatic carbocycles. The molecule has 22 heavy (non-hydrogen) atoms. The lowest BCUT2D eigenvalue weighted by Gasteiger charge is -2.15. The number of aryl methyl sites for hydroxylation is 1. The Morgan fingerprint density at radius 1 is 1.36 bits per heavy atom. The summed E-state index contributed by atoms with van der Waals surface area (Å²) < 4.78 is 5.79. The van der Waals surface area contributed by atoms with E-state index in [2.05, 4.69) is 10.2 Å². The number of H-pyrrole nitrogens is 1. The number of aromatic nitrogens is 2. The van der Waals surface area contributed by atoms with E-state index in [0.29, 0.717) is 18.2 Å². The van der Waals surface area contributed by atoms with E-state index in [1.54, 1.807) is 6.20 Å². The molecule has 3 aromatic rings. The van der Waals surface area contributed by atoms with Crippen LogP contribution in [0.1, 0.15) is 34.2 Å². The van der Waals surface area contributed by atoms with Crippen molar-refractivity contribution in [2.45, 2.75) is 19.3 Å². The van der Waals surface area contributed by atoms with Gasteiger partial charge in [-0.3, -0.25) is 9.89 Å². The second kappa shape index (κ2) is 5.02. The SMILES string of the molecule is Cc1c(C(=O)N2CC[C@@H](c3ccn[nH]3)C2)oc2ccccc12. The number of hydrogen-bond acceptors (Lipinski definition) is 3. The summed E-state index contributed by atoms with van der Waals surface area (Å²) in [5.41, 5.74) is 2.79. The summed E-state index contributed by atoms with van der Waals surface area (Å²) in [5, 5.41) is 8.00. The van der Waals surface area contributed by atoms with Crippen molar-refractivity contribution in [2.24, 2.45) is 0 Å². The molecule has 112 valence electrons. The molecule has 3 heterocycles. The van der Waals surface area contributed by atoms with Crippen molar-refractivity contribution < 1.29 is 9.21 Å². The van der Waals surface area contributed by atoms with Gasteiger partial charge in [-0.2, -0.15) is 5.10 Å². The van der Waals surface area contributed by atoms with Crippen LogP contribution in [0.3, 0.4) is 0 Å². The first kappa shape index (κ1) is 13.1. The van der Waals surface area contributed by atoms with Gasteiger partial charge in [0.05, 0.1) is 0 Å². The van der Waals surface area contributed by atoms with E-state index in [-0.39, 0.29) is 5.91 Å².